The van der Waals surface area contributed by atoms with Gasteiger partial charge in [0.15, 0.2) is 5.16 Å². The van der Waals surface area contributed by atoms with Crippen LogP contribution < -0.4 is 10.9 Å². The van der Waals surface area contributed by atoms with E-state index in [0.717, 1.165) is 18.4 Å². The zero-order chi connectivity index (χ0) is 20.4. The predicted octanol–water partition coefficient (Wildman–Crippen LogP) is 3.71. The number of para-hydroxylation sites is 1. The zero-order valence-corrected chi connectivity index (χ0v) is 16.9. The van der Waals surface area contributed by atoms with Gasteiger partial charge in [-0.05, 0) is 56.0 Å². The van der Waals surface area contributed by atoms with E-state index in [1.807, 2.05) is 25.1 Å². The van der Waals surface area contributed by atoms with Gasteiger partial charge >= 0.3 is 0 Å². The molecular formula is C22H22FN3O2S. The number of carbonyl (C=O) groups is 1. The molecule has 1 aliphatic carbocycles. The van der Waals surface area contributed by atoms with Crippen LogP contribution in [0.5, 0.6) is 0 Å². The van der Waals surface area contributed by atoms with Crippen LogP contribution in [0, 0.1) is 5.82 Å². The van der Waals surface area contributed by atoms with Gasteiger partial charge in [0.2, 0.25) is 5.91 Å². The summed E-state index contributed by atoms with van der Waals surface area (Å²) < 4.78 is 14.7. The molecule has 3 aromatic rings. The Balaban J connectivity index is 1.44. The monoisotopic (exact) mass is 411 g/mol. The van der Waals surface area contributed by atoms with Gasteiger partial charge in [-0.3, -0.25) is 14.2 Å². The Morgan fingerprint density at radius 2 is 1.97 bits per heavy atom. The molecule has 5 nitrogen and oxygen atoms in total. The first-order valence-corrected chi connectivity index (χ1v) is 10.6. The van der Waals surface area contributed by atoms with E-state index in [1.165, 1.54) is 23.9 Å². The van der Waals surface area contributed by atoms with Gasteiger partial charge in [0.25, 0.3) is 5.56 Å². The number of hydrogen-bond donors (Lipinski definition) is 1. The van der Waals surface area contributed by atoms with E-state index in [9.17, 15) is 14.0 Å². The van der Waals surface area contributed by atoms with E-state index < -0.39 is 0 Å². The van der Waals surface area contributed by atoms with Gasteiger partial charge < -0.3 is 5.32 Å². The zero-order valence-electron chi connectivity index (χ0n) is 16.1. The van der Waals surface area contributed by atoms with Crippen LogP contribution in [0.25, 0.3) is 10.9 Å². The second-order valence-electron chi connectivity index (χ2n) is 7.25. The number of aromatic nitrogens is 2. The number of fused-ring (bicyclic) bond motifs is 1. The SMILES string of the molecule is C[C@H](Sc1nc2ccccc2c(=O)n1C1CC1)C(=O)NCCc1ccc(F)cc1. The molecule has 1 amide bonds. The molecule has 1 heterocycles. The van der Waals surface area contributed by atoms with Crippen molar-refractivity contribution in [2.24, 2.45) is 0 Å². The van der Waals surface area contributed by atoms with Crippen molar-refractivity contribution in [1.82, 2.24) is 14.9 Å². The minimum absolute atomic E-state index is 0.0375. The van der Waals surface area contributed by atoms with Crippen molar-refractivity contribution in [3.05, 3.63) is 70.3 Å². The Morgan fingerprint density at radius 1 is 1.24 bits per heavy atom. The van der Waals surface area contributed by atoms with Crippen molar-refractivity contribution < 1.29 is 9.18 Å². The van der Waals surface area contributed by atoms with Crippen molar-refractivity contribution in [2.75, 3.05) is 6.54 Å². The van der Waals surface area contributed by atoms with Gasteiger partial charge in [0, 0.05) is 12.6 Å². The summed E-state index contributed by atoms with van der Waals surface area (Å²) in [7, 11) is 0. The summed E-state index contributed by atoms with van der Waals surface area (Å²) in [6.07, 6.45) is 2.56. The smallest absolute Gasteiger partial charge is 0.262 e. The van der Waals surface area contributed by atoms with E-state index >= 15 is 0 Å². The van der Waals surface area contributed by atoms with E-state index in [1.54, 1.807) is 22.8 Å². The van der Waals surface area contributed by atoms with E-state index in [0.29, 0.717) is 29.0 Å². The van der Waals surface area contributed by atoms with Gasteiger partial charge in [-0.15, -0.1) is 0 Å². The van der Waals surface area contributed by atoms with Crippen LogP contribution in [-0.2, 0) is 11.2 Å². The summed E-state index contributed by atoms with van der Waals surface area (Å²) in [4.78, 5) is 30.1. The van der Waals surface area contributed by atoms with Crippen molar-refractivity contribution in [3.8, 4) is 0 Å². The number of thioether (sulfide) groups is 1. The van der Waals surface area contributed by atoms with Gasteiger partial charge in [0.1, 0.15) is 5.82 Å². The van der Waals surface area contributed by atoms with Crippen LogP contribution in [0.3, 0.4) is 0 Å². The van der Waals surface area contributed by atoms with Crippen LogP contribution in [0.15, 0.2) is 58.5 Å². The Morgan fingerprint density at radius 3 is 2.69 bits per heavy atom. The minimum atomic E-state index is -0.388. The average Bonchev–Trinajstić information content (AvgIpc) is 3.54. The second-order valence-corrected chi connectivity index (χ2v) is 8.55. The maximum absolute atomic E-state index is 13.0. The highest BCUT2D eigenvalue weighted by atomic mass is 32.2. The molecule has 0 spiro atoms. The molecular weight excluding hydrogens is 389 g/mol. The Kier molecular flexibility index (Phi) is 5.67. The highest BCUT2D eigenvalue weighted by Gasteiger charge is 2.30. The number of nitrogens with one attached hydrogen (secondary N) is 1. The normalized spacial score (nSPS) is 14.7. The van der Waals surface area contributed by atoms with Crippen molar-refractivity contribution >= 4 is 28.6 Å². The topological polar surface area (TPSA) is 64.0 Å². The number of halogens is 1. The lowest BCUT2D eigenvalue weighted by Gasteiger charge is -2.16. The number of amides is 1. The summed E-state index contributed by atoms with van der Waals surface area (Å²) in [5, 5.41) is 3.73. The van der Waals surface area contributed by atoms with E-state index in [2.05, 4.69) is 10.3 Å². The first kappa shape index (κ1) is 19.6. The molecule has 0 bridgehead atoms. The summed E-state index contributed by atoms with van der Waals surface area (Å²) >= 11 is 1.31. The second kappa shape index (κ2) is 8.37. The fourth-order valence-corrected chi connectivity index (χ4v) is 4.20. The third-order valence-electron chi connectivity index (χ3n) is 4.97. The molecule has 29 heavy (non-hydrogen) atoms. The largest absolute Gasteiger partial charge is 0.355 e. The van der Waals surface area contributed by atoms with Crippen LogP contribution in [0.1, 0.15) is 31.4 Å². The van der Waals surface area contributed by atoms with Crippen molar-refractivity contribution in [2.45, 2.75) is 42.6 Å². The van der Waals surface area contributed by atoms with Crippen molar-refractivity contribution in [3.63, 3.8) is 0 Å². The fraction of sp³-hybridized carbons (Fsp3) is 0.318. The highest BCUT2D eigenvalue weighted by Crippen LogP contribution is 2.37. The quantitative estimate of drug-likeness (QED) is 0.476. The Hall–Kier alpha value is -2.67. The van der Waals surface area contributed by atoms with Crippen LogP contribution in [0.2, 0.25) is 0 Å². The predicted molar refractivity (Wildman–Crippen MR) is 113 cm³/mol. The van der Waals surface area contributed by atoms with Crippen LogP contribution >= 0.6 is 11.8 Å². The average molecular weight is 412 g/mol. The molecule has 1 N–H and O–H groups in total. The number of carbonyl (C=O) groups excluding carboxylic acids is 1. The molecule has 1 aliphatic rings. The minimum Gasteiger partial charge on any atom is -0.355 e. The lowest BCUT2D eigenvalue weighted by atomic mass is 10.1. The van der Waals surface area contributed by atoms with Gasteiger partial charge in [-0.1, -0.05) is 36.0 Å². The van der Waals surface area contributed by atoms with E-state index in [4.69, 9.17) is 0 Å². The molecule has 0 unspecified atom stereocenters. The van der Waals surface area contributed by atoms with E-state index in [-0.39, 0.29) is 28.6 Å². The lowest BCUT2D eigenvalue weighted by molar-refractivity contribution is -0.120. The molecule has 0 aliphatic heterocycles. The lowest BCUT2D eigenvalue weighted by Crippen LogP contribution is -2.33. The van der Waals surface area contributed by atoms with Crippen LogP contribution in [-0.4, -0.2) is 27.3 Å². The number of rotatable bonds is 7. The molecule has 0 radical (unpaired) electrons. The fourth-order valence-electron chi connectivity index (χ4n) is 3.20. The number of hydrogen-bond acceptors (Lipinski definition) is 4. The summed E-state index contributed by atoms with van der Waals surface area (Å²) in [5.41, 5.74) is 1.58. The molecule has 1 saturated carbocycles. The first-order valence-electron chi connectivity index (χ1n) is 9.73. The molecule has 1 aromatic heterocycles. The first-order chi connectivity index (χ1) is 14.0. The van der Waals surface area contributed by atoms with Gasteiger partial charge in [-0.25, -0.2) is 9.37 Å². The Bertz CT molecular complexity index is 1090. The Labute approximate surface area is 172 Å². The molecule has 2 aromatic carbocycles. The third kappa shape index (κ3) is 4.50. The maximum Gasteiger partial charge on any atom is 0.262 e. The molecule has 4 rings (SSSR count). The number of nitrogens with zero attached hydrogens (tertiary/aromatic N) is 2. The molecule has 150 valence electrons. The van der Waals surface area contributed by atoms with Gasteiger partial charge in [0.05, 0.1) is 16.2 Å². The maximum atomic E-state index is 13.0. The molecule has 1 atom stereocenters. The summed E-state index contributed by atoms with van der Waals surface area (Å²) in [6.45, 7) is 2.28. The highest BCUT2D eigenvalue weighted by molar-refractivity contribution is 8.00. The standard InChI is InChI=1S/C22H22FN3O2S/c1-14(20(27)24-13-12-15-6-8-16(23)9-7-15)29-22-25-19-5-3-2-4-18(19)21(28)26(22)17-10-11-17/h2-9,14,17H,10-13H2,1H3,(H,24,27)/t14-/m0/s1. The van der Waals surface area contributed by atoms with Crippen molar-refractivity contribution in [1.29, 1.82) is 0 Å². The molecule has 0 saturated heterocycles. The third-order valence-corrected chi connectivity index (χ3v) is 6.03. The van der Waals surface area contributed by atoms with Crippen LogP contribution in [0.4, 0.5) is 4.39 Å². The number of benzene rings is 2. The summed E-state index contributed by atoms with van der Waals surface area (Å²) in [6, 6.07) is 13.8. The van der Waals surface area contributed by atoms with Gasteiger partial charge in [-0.2, -0.15) is 0 Å². The molecule has 7 heteroatoms. The molecule has 1 fully saturated rings. The summed E-state index contributed by atoms with van der Waals surface area (Å²) in [5.74, 6) is -0.380.